The minimum Gasteiger partial charge on any atom is -0.377 e. The Morgan fingerprint density at radius 2 is 2.21 bits per heavy atom. The van der Waals surface area contributed by atoms with Crippen molar-refractivity contribution in [1.29, 1.82) is 0 Å². The second kappa shape index (κ2) is 7.00. The highest BCUT2D eigenvalue weighted by molar-refractivity contribution is 5.23. The highest BCUT2D eigenvalue weighted by atomic mass is 16.5. The van der Waals surface area contributed by atoms with Crippen molar-refractivity contribution in [3.63, 3.8) is 0 Å². The van der Waals surface area contributed by atoms with Crippen molar-refractivity contribution in [1.82, 2.24) is 30.5 Å². The van der Waals surface area contributed by atoms with Gasteiger partial charge >= 0.3 is 0 Å². The number of nitrogens with one attached hydrogen (secondary N) is 2. The summed E-state index contributed by atoms with van der Waals surface area (Å²) in [4.78, 5) is 0. The average Bonchev–Trinajstić information content (AvgIpc) is 3.26. The molecule has 1 aliphatic heterocycles. The molecule has 0 saturated carbocycles. The summed E-state index contributed by atoms with van der Waals surface area (Å²) in [6, 6.07) is 0.0950. The van der Waals surface area contributed by atoms with E-state index >= 15 is 0 Å². The second-order valence-corrected chi connectivity index (χ2v) is 7.19. The van der Waals surface area contributed by atoms with E-state index in [0.717, 1.165) is 17.9 Å². The molecule has 24 heavy (non-hydrogen) atoms. The number of ether oxygens (including phenoxy) is 2. The molecule has 0 spiro atoms. The lowest BCUT2D eigenvalue weighted by Crippen LogP contribution is -2.24. The first kappa shape index (κ1) is 17.1. The average molecular weight is 334 g/mol. The van der Waals surface area contributed by atoms with Gasteiger partial charge in [-0.05, 0) is 0 Å². The van der Waals surface area contributed by atoms with Gasteiger partial charge in [0.1, 0.15) is 12.1 Å². The summed E-state index contributed by atoms with van der Waals surface area (Å²) in [7, 11) is 1.70. The third-order valence-electron chi connectivity index (χ3n) is 4.29. The summed E-state index contributed by atoms with van der Waals surface area (Å²) in [6.07, 6.45) is 3.87. The fourth-order valence-corrected chi connectivity index (χ4v) is 2.97. The fourth-order valence-electron chi connectivity index (χ4n) is 2.97. The molecule has 0 radical (unpaired) electrons. The van der Waals surface area contributed by atoms with Gasteiger partial charge < -0.3 is 14.8 Å². The second-order valence-electron chi connectivity index (χ2n) is 7.19. The van der Waals surface area contributed by atoms with Crippen LogP contribution in [0.3, 0.4) is 0 Å². The molecule has 8 nitrogen and oxygen atoms in total. The van der Waals surface area contributed by atoms with Gasteiger partial charge in [0.2, 0.25) is 0 Å². The van der Waals surface area contributed by atoms with Crippen molar-refractivity contribution in [2.24, 2.45) is 0 Å². The lowest BCUT2D eigenvalue weighted by Gasteiger charge is -2.18. The molecule has 8 heteroatoms. The van der Waals surface area contributed by atoms with Crippen LogP contribution >= 0.6 is 0 Å². The van der Waals surface area contributed by atoms with Crippen LogP contribution in [0.5, 0.6) is 0 Å². The number of aromatic nitrogens is 5. The Bertz CT molecular complexity index is 660. The van der Waals surface area contributed by atoms with Crippen molar-refractivity contribution >= 4 is 0 Å². The van der Waals surface area contributed by atoms with E-state index in [9.17, 15) is 0 Å². The topological polar surface area (TPSA) is 89.9 Å². The number of hydrogen-bond acceptors (Lipinski definition) is 6. The van der Waals surface area contributed by atoms with Crippen LogP contribution in [0.15, 0.2) is 12.4 Å². The first-order chi connectivity index (χ1) is 11.5. The fraction of sp³-hybridized carbons (Fsp3) is 0.688. The number of H-pyrrole nitrogens is 1. The number of nitrogens with zero attached hydrogens (tertiary/aromatic N) is 4. The Labute approximate surface area is 141 Å². The predicted octanol–water partition coefficient (Wildman–Crippen LogP) is 1.17. The molecule has 3 rings (SSSR count). The van der Waals surface area contributed by atoms with Crippen LogP contribution in [0, 0.1) is 0 Å². The maximum absolute atomic E-state index is 5.46. The van der Waals surface area contributed by atoms with Crippen molar-refractivity contribution in [2.75, 3.05) is 20.3 Å². The first-order valence-electron chi connectivity index (χ1n) is 8.23. The van der Waals surface area contributed by atoms with Gasteiger partial charge in [0, 0.05) is 36.9 Å². The zero-order chi connectivity index (χ0) is 17.2. The third-order valence-corrected chi connectivity index (χ3v) is 4.29. The van der Waals surface area contributed by atoms with Crippen molar-refractivity contribution in [3.8, 4) is 0 Å². The van der Waals surface area contributed by atoms with Gasteiger partial charge in [-0.3, -0.25) is 5.10 Å². The molecule has 0 aromatic carbocycles. The molecule has 0 amide bonds. The summed E-state index contributed by atoms with van der Waals surface area (Å²) < 4.78 is 12.7. The van der Waals surface area contributed by atoms with Crippen LogP contribution < -0.4 is 5.32 Å². The van der Waals surface area contributed by atoms with Gasteiger partial charge in [-0.25, -0.2) is 4.68 Å². The molecule has 2 atom stereocenters. The van der Waals surface area contributed by atoms with E-state index in [1.165, 1.54) is 5.56 Å². The van der Waals surface area contributed by atoms with Crippen LogP contribution in [0.4, 0.5) is 0 Å². The Morgan fingerprint density at radius 3 is 2.96 bits per heavy atom. The molecular formula is C16H26N6O2. The SMILES string of the molecule is CO[C@@H]1COC[C@H]1n1cc(CNCc2cn[nH]c2C(C)(C)C)nn1. The van der Waals surface area contributed by atoms with Gasteiger partial charge in [0.25, 0.3) is 0 Å². The summed E-state index contributed by atoms with van der Waals surface area (Å²) in [6.45, 7) is 9.12. The Morgan fingerprint density at radius 1 is 1.38 bits per heavy atom. The smallest absolute Gasteiger partial charge is 0.105 e. The highest BCUT2D eigenvalue weighted by Gasteiger charge is 2.30. The van der Waals surface area contributed by atoms with E-state index in [4.69, 9.17) is 9.47 Å². The van der Waals surface area contributed by atoms with Gasteiger partial charge in [-0.2, -0.15) is 5.10 Å². The number of methoxy groups -OCH3 is 1. The third kappa shape index (κ3) is 3.66. The van der Waals surface area contributed by atoms with E-state index in [0.29, 0.717) is 19.8 Å². The van der Waals surface area contributed by atoms with Gasteiger partial charge in [-0.15, -0.1) is 5.10 Å². The van der Waals surface area contributed by atoms with Crippen molar-refractivity contribution in [2.45, 2.75) is 51.4 Å². The van der Waals surface area contributed by atoms with Crippen LogP contribution in [0.2, 0.25) is 0 Å². The van der Waals surface area contributed by atoms with E-state index < -0.39 is 0 Å². The van der Waals surface area contributed by atoms with E-state index in [1.807, 2.05) is 17.1 Å². The quantitative estimate of drug-likeness (QED) is 0.824. The maximum Gasteiger partial charge on any atom is 0.105 e. The minimum atomic E-state index is 0.0350. The first-order valence-corrected chi connectivity index (χ1v) is 8.23. The van der Waals surface area contributed by atoms with Crippen LogP contribution in [-0.2, 0) is 28.0 Å². The summed E-state index contributed by atoms with van der Waals surface area (Å²) >= 11 is 0. The zero-order valence-electron chi connectivity index (χ0n) is 14.7. The van der Waals surface area contributed by atoms with E-state index in [1.54, 1.807) is 7.11 Å². The van der Waals surface area contributed by atoms with Crippen molar-refractivity contribution in [3.05, 3.63) is 29.3 Å². The van der Waals surface area contributed by atoms with E-state index in [2.05, 4.69) is 46.6 Å². The molecule has 1 saturated heterocycles. The summed E-state index contributed by atoms with van der Waals surface area (Å²) in [5.74, 6) is 0. The van der Waals surface area contributed by atoms with Crippen LogP contribution in [0.25, 0.3) is 0 Å². The molecule has 132 valence electrons. The predicted molar refractivity (Wildman–Crippen MR) is 88.5 cm³/mol. The van der Waals surface area contributed by atoms with Crippen molar-refractivity contribution < 1.29 is 9.47 Å². The monoisotopic (exact) mass is 334 g/mol. The molecule has 1 fully saturated rings. The zero-order valence-corrected chi connectivity index (χ0v) is 14.7. The maximum atomic E-state index is 5.46. The van der Waals surface area contributed by atoms with Crippen LogP contribution in [0.1, 0.15) is 43.8 Å². The molecule has 1 aliphatic rings. The van der Waals surface area contributed by atoms with E-state index in [-0.39, 0.29) is 17.6 Å². The lowest BCUT2D eigenvalue weighted by atomic mass is 9.89. The number of rotatable bonds is 6. The van der Waals surface area contributed by atoms with Gasteiger partial charge in [-0.1, -0.05) is 26.0 Å². The summed E-state index contributed by atoms with van der Waals surface area (Å²) in [5.41, 5.74) is 3.29. The highest BCUT2D eigenvalue weighted by Crippen LogP contribution is 2.23. The normalized spacial score (nSPS) is 21.5. The molecular weight excluding hydrogens is 308 g/mol. The molecule has 2 N–H and O–H groups in total. The molecule has 2 aromatic heterocycles. The van der Waals surface area contributed by atoms with Crippen LogP contribution in [-0.4, -0.2) is 51.6 Å². The Kier molecular flexibility index (Phi) is 4.98. The Balaban J connectivity index is 1.56. The molecule has 3 heterocycles. The molecule has 0 unspecified atom stereocenters. The standard InChI is InChI=1S/C16H26N6O2/c1-16(2,3)15-11(6-18-20-15)5-17-7-12-8-22(21-19-12)13-9-24-10-14(13)23-4/h6,8,13-14,17H,5,7,9-10H2,1-4H3,(H,18,20)/t13-,14-/m1/s1. The largest absolute Gasteiger partial charge is 0.377 e. The number of hydrogen-bond donors (Lipinski definition) is 2. The molecule has 2 aromatic rings. The summed E-state index contributed by atoms with van der Waals surface area (Å²) in [5, 5.41) is 19.1. The molecule has 0 aliphatic carbocycles. The van der Waals surface area contributed by atoms with Gasteiger partial charge in [0.05, 0.1) is 31.3 Å². The Hall–Kier alpha value is -1.77. The van der Waals surface area contributed by atoms with Gasteiger partial charge in [0.15, 0.2) is 0 Å². The minimum absolute atomic E-state index is 0.0350. The number of aromatic amines is 1. The lowest BCUT2D eigenvalue weighted by molar-refractivity contribution is 0.0661. The molecule has 0 bridgehead atoms.